The van der Waals surface area contributed by atoms with Crippen molar-refractivity contribution >= 4 is 11.2 Å². The maximum absolute atomic E-state index is 10.9. The van der Waals surface area contributed by atoms with Gasteiger partial charge in [-0.05, 0) is 13.0 Å². The highest BCUT2D eigenvalue weighted by Gasteiger charge is 2.00. The fourth-order valence-corrected chi connectivity index (χ4v) is 1.72. The van der Waals surface area contributed by atoms with E-state index < -0.39 is 11.2 Å². The monoisotopic (exact) mass is 149 g/mol. The van der Waals surface area contributed by atoms with Gasteiger partial charge in [-0.25, -0.2) is 0 Å². The molecule has 9 heavy (non-hydrogen) atoms. The first kappa shape index (κ1) is 9.27. The lowest BCUT2D eigenvalue weighted by Crippen LogP contribution is -2.13. The lowest BCUT2D eigenvalue weighted by atomic mass is 10.5. The summed E-state index contributed by atoms with van der Waals surface area (Å²) in [7, 11) is 0. The summed E-state index contributed by atoms with van der Waals surface area (Å²) in [6, 6.07) is 0. The molecule has 2 nitrogen and oxygen atoms in total. The van der Waals surface area contributed by atoms with Crippen LogP contribution in [0.1, 0.15) is 19.8 Å². The standard InChI is InChI=1S/C6H15NOS/c1-2-5-9(8)6-3-4-7/h2-7H2,1H3. The van der Waals surface area contributed by atoms with Crippen LogP contribution < -0.4 is 5.73 Å². The molecule has 0 aromatic heterocycles. The summed E-state index contributed by atoms with van der Waals surface area (Å²) in [6.07, 6.45) is 1.91. The third kappa shape index (κ3) is 6.15. The van der Waals surface area contributed by atoms with E-state index in [-0.39, 0.29) is 0 Å². The van der Waals surface area contributed by atoms with Gasteiger partial charge in [0.25, 0.3) is 0 Å². The number of nitrogens with two attached hydrogens (primary N) is 1. The molecule has 0 radical (unpaired) electrons. The molecule has 0 aliphatic heterocycles. The first-order valence-corrected chi connectivity index (χ1v) is 4.85. The van der Waals surface area contributed by atoms with Gasteiger partial charge in [-0.2, -0.15) is 0 Å². The van der Waals surface area contributed by atoms with Crippen LogP contribution in [0.15, 0.2) is 0 Å². The highest BCUT2D eigenvalue weighted by molar-refractivity contribution is 7.91. The van der Waals surface area contributed by atoms with Gasteiger partial charge in [-0.1, -0.05) is 18.1 Å². The molecule has 0 amide bonds. The number of hydrogen-bond acceptors (Lipinski definition) is 2. The summed E-state index contributed by atoms with van der Waals surface area (Å²) in [5.41, 5.74) is 5.24. The average Bonchev–Trinajstić information content (AvgIpc) is 1.85. The maximum Gasteiger partial charge on any atom is 0.106 e. The molecule has 0 heterocycles. The Bertz CT molecular complexity index is 61.0. The Morgan fingerprint density at radius 1 is 1.44 bits per heavy atom. The van der Waals surface area contributed by atoms with E-state index in [1.54, 1.807) is 0 Å². The zero-order chi connectivity index (χ0) is 7.11. The van der Waals surface area contributed by atoms with Crippen LogP contribution in [-0.4, -0.2) is 22.6 Å². The summed E-state index contributed by atoms with van der Waals surface area (Å²) >= 11 is -0.600. The molecule has 0 aliphatic carbocycles. The Morgan fingerprint density at radius 2 is 2.11 bits per heavy atom. The van der Waals surface area contributed by atoms with E-state index in [9.17, 15) is 4.55 Å². The van der Waals surface area contributed by atoms with Crippen LogP contribution in [0, 0.1) is 0 Å². The van der Waals surface area contributed by atoms with E-state index in [4.69, 9.17) is 5.73 Å². The lowest BCUT2D eigenvalue weighted by Gasteiger charge is -2.07. The van der Waals surface area contributed by atoms with Gasteiger partial charge in [0.05, 0.1) is 0 Å². The van der Waals surface area contributed by atoms with Crippen LogP contribution >= 0.6 is 0 Å². The SMILES string of the molecule is CCC[S+]([O-])CCCN. The van der Waals surface area contributed by atoms with Crippen molar-refractivity contribution in [2.75, 3.05) is 18.1 Å². The van der Waals surface area contributed by atoms with Crippen molar-refractivity contribution in [2.24, 2.45) is 5.73 Å². The van der Waals surface area contributed by atoms with Gasteiger partial charge in [0.1, 0.15) is 11.5 Å². The number of hydrogen-bond donors (Lipinski definition) is 1. The van der Waals surface area contributed by atoms with Gasteiger partial charge < -0.3 is 10.3 Å². The summed E-state index contributed by atoms with van der Waals surface area (Å²) in [6.45, 7) is 2.70. The largest absolute Gasteiger partial charge is 0.616 e. The minimum absolute atomic E-state index is 0.600. The summed E-state index contributed by atoms with van der Waals surface area (Å²) in [4.78, 5) is 0. The van der Waals surface area contributed by atoms with Crippen LogP contribution in [-0.2, 0) is 11.2 Å². The average molecular weight is 149 g/mol. The van der Waals surface area contributed by atoms with Crippen LogP contribution in [0.2, 0.25) is 0 Å². The second kappa shape index (κ2) is 6.39. The molecular formula is C6H15NOS. The molecular weight excluding hydrogens is 134 g/mol. The van der Waals surface area contributed by atoms with Crippen molar-refractivity contribution in [1.82, 2.24) is 0 Å². The summed E-state index contributed by atoms with van der Waals surface area (Å²) in [5, 5.41) is 0. The van der Waals surface area contributed by atoms with Crippen LogP contribution in [0.25, 0.3) is 0 Å². The van der Waals surface area contributed by atoms with Crippen molar-refractivity contribution in [2.45, 2.75) is 19.8 Å². The smallest absolute Gasteiger partial charge is 0.106 e. The predicted octanol–water partition coefficient (Wildman–Crippen LogP) is 0.494. The van der Waals surface area contributed by atoms with Crippen molar-refractivity contribution in [3.8, 4) is 0 Å². The van der Waals surface area contributed by atoms with E-state index in [2.05, 4.69) is 0 Å². The second-order valence-electron chi connectivity index (χ2n) is 1.99. The molecule has 1 atom stereocenters. The van der Waals surface area contributed by atoms with Gasteiger partial charge in [-0.3, -0.25) is 0 Å². The Kier molecular flexibility index (Phi) is 6.58. The topological polar surface area (TPSA) is 49.1 Å². The second-order valence-corrected chi connectivity index (χ2v) is 3.69. The molecule has 0 bridgehead atoms. The third-order valence-corrected chi connectivity index (χ3v) is 2.62. The summed E-state index contributed by atoms with van der Waals surface area (Å²) < 4.78 is 10.9. The highest BCUT2D eigenvalue weighted by Crippen LogP contribution is 1.94. The molecule has 0 aromatic carbocycles. The molecule has 0 rings (SSSR count). The molecule has 2 N–H and O–H groups in total. The molecule has 0 saturated heterocycles. The van der Waals surface area contributed by atoms with Gasteiger partial charge in [0.15, 0.2) is 0 Å². The van der Waals surface area contributed by atoms with Gasteiger partial charge >= 0.3 is 0 Å². The van der Waals surface area contributed by atoms with Crippen LogP contribution in [0.3, 0.4) is 0 Å². The molecule has 1 unspecified atom stereocenters. The lowest BCUT2D eigenvalue weighted by molar-refractivity contribution is 0.591. The highest BCUT2D eigenvalue weighted by atomic mass is 32.2. The predicted molar refractivity (Wildman–Crippen MR) is 41.8 cm³/mol. The fraction of sp³-hybridized carbons (Fsp3) is 1.00. The van der Waals surface area contributed by atoms with Crippen molar-refractivity contribution in [3.63, 3.8) is 0 Å². The molecule has 0 saturated carbocycles. The zero-order valence-corrected chi connectivity index (χ0v) is 6.75. The quantitative estimate of drug-likeness (QED) is 0.578. The molecule has 0 aliphatic rings. The summed E-state index contributed by atoms with van der Waals surface area (Å²) in [5.74, 6) is 1.62. The van der Waals surface area contributed by atoms with Crippen molar-refractivity contribution < 1.29 is 4.55 Å². The molecule has 3 heteroatoms. The zero-order valence-electron chi connectivity index (χ0n) is 5.93. The first-order valence-electron chi connectivity index (χ1n) is 3.36. The first-order chi connectivity index (χ1) is 4.31. The Morgan fingerprint density at radius 3 is 2.56 bits per heavy atom. The van der Waals surface area contributed by atoms with Gasteiger partial charge in [0.2, 0.25) is 0 Å². The normalized spacial score (nSPS) is 13.7. The Labute approximate surface area is 60.0 Å². The third-order valence-electron chi connectivity index (χ3n) is 1.01. The van der Waals surface area contributed by atoms with Gasteiger partial charge in [-0.15, -0.1) is 0 Å². The van der Waals surface area contributed by atoms with E-state index in [1.165, 1.54) is 0 Å². The van der Waals surface area contributed by atoms with E-state index in [0.717, 1.165) is 24.3 Å². The Balaban J connectivity index is 2.95. The molecule has 56 valence electrons. The molecule has 0 aromatic rings. The van der Waals surface area contributed by atoms with E-state index in [0.29, 0.717) is 6.54 Å². The minimum atomic E-state index is -0.600. The molecule has 0 fully saturated rings. The van der Waals surface area contributed by atoms with Crippen molar-refractivity contribution in [3.05, 3.63) is 0 Å². The Hall–Kier alpha value is 0.270. The van der Waals surface area contributed by atoms with Crippen LogP contribution in [0.5, 0.6) is 0 Å². The van der Waals surface area contributed by atoms with Crippen molar-refractivity contribution in [1.29, 1.82) is 0 Å². The maximum atomic E-state index is 10.9. The van der Waals surface area contributed by atoms with Crippen LogP contribution in [0.4, 0.5) is 0 Å². The van der Waals surface area contributed by atoms with E-state index >= 15 is 0 Å². The minimum Gasteiger partial charge on any atom is -0.616 e. The fourth-order valence-electron chi connectivity index (χ4n) is 0.574. The van der Waals surface area contributed by atoms with Gasteiger partial charge in [0, 0.05) is 6.42 Å². The van der Waals surface area contributed by atoms with E-state index in [1.807, 2.05) is 6.92 Å². The molecule has 0 spiro atoms. The number of rotatable bonds is 5.